The number of hydrogen-bond acceptors (Lipinski definition) is 5. The average Bonchev–Trinajstić information content (AvgIpc) is 3.00. The van der Waals surface area contributed by atoms with E-state index in [1.54, 1.807) is 11.3 Å². The van der Waals surface area contributed by atoms with Crippen LogP contribution in [0.3, 0.4) is 0 Å². The summed E-state index contributed by atoms with van der Waals surface area (Å²) >= 11 is 1.66. The molecule has 2 rings (SSSR count). The van der Waals surface area contributed by atoms with Crippen LogP contribution in [-0.2, 0) is 16.1 Å². The van der Waals surface area contributed by atoms with Crippen molar-refractivity contribution >= 4 is 17.2 Å². The number of rotatable bonds is 7. The Labute approximate surface area is 143 Å². The van der Waals surface area contributed by atoms with E-state index in [-0.39, 0.29) is 17.9 Å². The van der Waals surface area contributed by atoms with Gasteiger partial charge in [0.25, 0.3) is 0 Å². The molecule has 1 aromatic rings. The van der Waals surface area contributed by atoms with Crippen molar-refractivity contribution in [3.05, 3.63) is 16.1 Å². The lowest BCUT2D eigenvalue weighted by atomic mass is 10.00. The highest BCUT2D eigenvalue weighted by molar-refractivity contribution is 7.09. The number of nitrogens with zero attached hydrogens (tertiary/aromatic N) is 1. The summed E-state index contributed by atoms with van der Waals surface area (Å²) in [4.78, 5) is 17.1. The van der Waals surface area contributed by atoms with E-state index in [0.29, 0.717) is 18.5 Å². The third-order valence-corrected chi connectivity index (χ3v) is 5.29. The molecule has 0 aliphatic carbocycles. The van der Waals surface area contributed by atoms with Gasteiger partial charge in [-0.2, -0.15) is 0 Å². The number of nitrogens with one attached hydrogen (secondary N) is 2. The van der Waals surface area contributed by atoms with Crippen LogP contribution in [0.2, 0.25) is 0 Å². The maximum atomic E-state index is 12.5. The van der Waals surface area contributed by atoms with Crippen LogP contribution in [-0.4, -0.2) is 36.2 Å². The van der Waals surface area contributed by atoms with Gasteiger partial charge in [0.05, 0.1) is 23.3 Å². The first-order valence-corrected chi connectivity index (χ1v) is 9.41. The Bertz CT molecular complexity index is 496. The van der Waals surface area contributed by atoms with Gasteiger partial charge in [-0.25, -0.2) is 4.98 Å². The predicted molar refractivity (Wildman–Crippen MR) is 93.7 cm³/mol. The lowest BCUT2D eigenvalue weighted by Gasteiger charge is -2.30. The Morgan fingerprint density at radius 3 is 2.61 bits per heavy atom. The van der Waals surface area contributed by atoms with Crippen molar-refractivity contribution in [2.24, 2.45) is 5.92 Å². The van der Waals surface area contributed by atoms with Crippen LogP contribution in [0.1, 0.15) is 57.2 Å². The maximum absolute atomic E-state index is 12.5. The van der Waals surface area contributed by atoms with Crippen molar-refractivity contribution in [2.75, 3.05) is 13.2 Å². The van der Waals surface area contributed by atoms with Gasteiger partial charge in [0, 0.05) is 30.6 Å². The normalized spacial score (nSPS) is 17.7. The summed E-state index contributed by atoms with van der Waals surface area (Å²) in [5.74, 6) is 0.744. The molecular formula is C17H29N3O2S. The molecule has 1 fully saturated rings. The number of thiazole rings is 1. The van der Waals surface area contributed by atoms with Crippen LogP contribution in [0.4, 0.5) is 0 Å². The molecule has 0 bridgehead atoms. The Morgan fingerprint density at radius 1 is 1.35 bits per heavy atom. The monoisotopic (exact) mass is 339 g/mol. The fraction of sp³-hybridized carbons (Fsp3) is 0.765. The minimum Gasteiger partial charge on any atom is -0.381 e. The van der Waals surface area contributed by atoms with Crippen molar-refractivity contribution < 1.29 is 9.53 Å². The zero-order chi connectivity index (χ0) is 16.8. The van der Waals surface area contributed by atoms with Gasteiger partial charge in [-0.05, 0) is 18.8 Å². The lowest BCUT2D eigenvalue weighted by Crippen LogP contribution is -2.52. The minimum absolute atomic E-state index is 0.0607. The van der Waals surface area contributed by atoms with E-state index in [9.17, 15) is 4.79 Å². The third kappa shape index (κ3) is 5.55. The second-order valence-electron chi connectivity index (χ2n) is 6.82. The number of ether oxygens (including phenoxy) is 1. The molecule has 1 amide bonds. The van der Waals surface area contributed by atoms with E-state index in [0.717, 1.165) is 36.8 Å². The van der Waals surface area contributed by atoms with Gasteiger partial charge in [0.15, 0.2) is 0 Å². The highest BCUT2D eigenvalue weighted by Gasteiger charge is 2.26. The molecule has 0 aromatic carbocycles. The molecule has 1 aromatic heterocycles. The van der Waals surface area contributed by atoms with E-state index in [4.69, 9.17) is 4.74 Å². The van der Waals surface area contributed by atoms with Crippen molar-refractivity contribution in [2.45, 2.75) is 65.1 Å². The van der Waals surface area contributed by atoms with E-state index >= 15 is 0 Å². The van der Waals surface area contributed by atoms with Gasteiger partial charge < -0.3 is 15.4 Å². The number of hydrogen-bond donors (Lipinski definition) is 2. The van der Waals surface area contributed by atoms with Crippen LogP contribution in [0, 0.1) is 5.92 Å². The smallest absolute Gasteiger partial charge is 0.237 e. The molecule has 23 heavy (non-hydrogen) atoms. The Hall–Kier alpha value is -0.980. The summed E-state index contributed by atoms with van der Waals surface area (Å²) in [7, 11) is 0. The Morgan fingerprint density at radius 2 is 2.04 bits per heavy atom. The molecule has 0 radical (unpaired) electrons. The molecule has 0 saturated carbocycles. The summed E-state index contributed by atoms with van der Waals surface area (Å²) in [6.45, 7) is 10.5. The fourth-order valence-electron chi connectivity index (χ4n) is 2.65. The number of aromatic nitrogens is 1. The number of carbonyl (C=O) groups is 1. The van der Waals surface area contributed by atoms with Gasteiger partial charge in [-0.15, -0.1) is 11.3 Å². The van der Waals surface area contributed by atoms with Crippen LogP contribution in [0.15, 0.2) is 5.38 Å². The first-order chi connectivity index (χ1) is 11.0. The summed E-state index contributed by atoms with van der Waals surface area (Å²) in [6.07, 6.45) is 1.95. The van der Waals surface area contributed by atoms with Gasteiger partial charge >= 0.3 is 0 Å². The Balaban J connectivity index is 1.86. The van der Waals surface area contributed by atoms with Gasteiger partial charge in [0.1, 0.15) is 0 Å². The summed E-state index contributed by atoms with van der Waals surface area (Å²) in [5, 5.41) is 9.69. The van der Waals surface area contributed by atoms with Crippen molar-refractivity contribution in [1.29, 1.82) is 0 Å². The molecule has 5 nitrogen and oxygen atoms in total. The first kappa shape index (κ1) is 18.4. The second-order valence-corrected chi connectivity index (χ2v) is 7.71. The lowest BCUT2D eigenvalue weighted by molar-refractivity contribution is -0.124. The molecule has 1 aliphatic heterocycles. The first-order valence-electron chi connectivity index (χ1n) is 8.53. The average molecular weight is 340 g/mol. The molecule has 1 aliphatic rings. The van der Waals surface area contributed by atoms with Crippen LogP contribution >= 0.6 is 11.3 Å². The molecule has 130 valence electrons. The second kappa shape index (κ2) is 8.76. The molecule has 2 N–H and O–H groups in total. The quantitative estimate of drug-likeness (QED) is 0.802. The SMILES string of the molecule is CC(C)c1nc(CNC(=O)[C@@H](NC2CCOCC2)C(C)C)cs1. The van der Waals surface area contributed by atoms with E-state index < -0.39 is 0 Å². The van der Waals surface area contributed by atoms with Crippen LogP contribution in [0.5, 0.6) is 0 Å². The molecule has 2 heterocycles. The van der Waals surface area contributed by atoms with Crippen LogP contribution < -0.4 is 10.6 Å². The molecule has 6 heteroatoms. The van der Waals surface area contributed by atoms with E-state index in [1.165, 1.54) is 0 Å². The van der Waals surface area contributed by atoms with E-state index in [2.05, 4.69) is 43.3 Å². The van der Waals surface area contributed by atoms with Gasteiger partial charge in [-0.1, -0.05) is 27.7 Å². The standard InChI is InChI=1S/C17H29N3O2S/c1-11(2)15(19-13-5-7-22-8-6-13)16(21)18-9-14-10-23-17(20-14)12(3)4/h10-13,15,19H,5-9H2,1-4H3,(H,18,21)/t15-/m0/s1. The molecule has 0 unspecified atom stereocenters. The van der Waals surface area contributed by atoms with Crippen molar-refractivity contribution in [1.82, 2.24) is 15.6 Å². The summed E-state index contributed by atoms with van der Waals surface area (Å²) in [5.41, 5.74) is 0.945. The maximum Gasteiger partial charge on any atom is 0.237 e. The third-order valence-electron chi connectivity index (χ3n) is 4.09. The predicted octanol–water partition coefficient (Wildman–Crippen LogP) is 2.68. The zero-order valence-electron chi connectivity index (χ0n) is 14.6. The largest absolute Gasteiger partial charge is 0.381 e. The number of carbonyl (C=O) groups excluding carboxylic acids is 1. The summed E-state index contributed by atoms with van der Waals surface area (Å²) < 4.78 is 5.38. The number of amides is 1. The fourth-order valence-corrected chi connectivity index (χ4v) is 3.48. The highest BCUT2D eigenvalue weighted by atomic mass is 32.1. The molecule has 0 spiro atoms. The minimum atomic E-state index is -0.165. The summed E-state index contributed by atoms with van der Waals surface area (Å²) in [6, 6.07) is 0.204. The zero-order valence-corrected chi connectivity index (χ0v) is 15.4. The Kier molecular flexibility index (Phi) is 6.99. The van der Waals surface area contributed by atoms with Gasteiger partial charge in [0.2, 0.25) is 5.91 Å². The van der Waals surface area contributed by atoms with Crippen molar-refractivity contribution in [3.63, 3.8) is 0 Å². The topological polar surface area (TPSA) is 63.2 Å². The molecular weight excluding hydrogens is 310 g/mol. The molecule has 1 atom stereocenters. The molecule has 1 saturated heterocycles. The van der Waals surface area contributed by atoms with Crippen LogP contribution in [0.25, 0.3) is 0 Å². The van der Waals surface area contributed by atoms with E-state index in [1.807, 2.05) is 5.38 Å². The highest BCUT2D eigenvalue weighted by Crippen LogP contribution is 2.19. The van der Waals surface area contributed by atoms with Gasteiger partial charge in [-0.3, -0.25) is 4.79 Å². The van der Waals surface area contributed by atoms with Crippen molar-refractivity contribution in [3.8, 4) is 0 Å².